The minimum Gasteiger partial charge on any atom is -0.444 e. The second-order valence-corrected chi connectivity index (χ2v) is 5.18. The van der Waals surface area contributed by atoms with E-state index in [1.807, 2.05) is 46.2 Å². The number of aromatic nitrogens is 2. The van der Waals surface area contributed by atoms with E-state index in [1.54, 1.807) is 6.20 Å². The van der Waals surface area contributed by atoms with Gasteiger partial charge in [-0.1, -0.05) is 0 Å². The van der Waals surface area contributed by atoms with Crippen molar-refractivity contribution < 1.29 is 9.53 Å². The molecule has 1 atom stereocenters. The lowest BCUT2D eigenvalue weighted by Gasteiger charge is -2.21. The number of rotatable bonds is 2. The Balaban J connectivity index is 2.64. The maximum Gasteiger partial charge on any atom is 0.408 e. The fourth-order valence-electron chi connectivity index (χ4n) is 1.46. The number of nitrogens with one attached hydrogen (secondary N) is 1. The zero-order valence-electron chi connectivity index (χ0n) is 11.4. The molecule has 17 heavy (non-hydrogen) atoms. The Kier molecular flexibility index (Phi) is 3.80. The highest BCUT2D eigenvalue weighted by Crippen LogP contribution is 2.13. The van der Waals surface area contributed by atoms with Gasteiger partial charge in [0.2, 0.25) is 0 Å². The van der Waals surface area contributed by atoms with Crippen LogP contribution in [0, 0.1) is 6.92 Å². The first-order chi connectivity index (χ1) is 7.70. The van der Waals surface area contributed by atoms with Gasteiger partial charge in [0.15, 0.2) is 0 Å². The highest BCUT2D eigenvalue weighted by atomic mass is 16.6. The minimum absolute atomic E-state index is 0.177. The van der Waals surface area contributed by atoms with Crippen LogP contribution in [0.25, 0.3) is 0 Å². The maximum absolute atomic E-state index is 11.6. The molecule has 0 fully saturated rings. The van der Waals surface area contributed by atoms with Gasteiger partial charge in [-0.15, -0.1) is 0 Å². The Labute approximate surface area is 102 Å². The van der Waals surface area contributed by atoms with Gasteiger partial charge in [0.25, 0.3) is 0 Å². The fraction of sp³-hybridized carbons (Fsp3) is 0.667. The van der Waals surface area contributed by atoms with Crippen LogP contribution in [0.4, 0.5) is 4.79 Å². The monoisotopic (exact) mass is 239 g/mol. The average Bonchev–Trinajstić information content (AvgIpc) is 2.44. The summed E-state index contributed by atoms with van der Waals surface area (Å²) in [6, 6.07) is -0.177. The molecule has 0 spiro atoms. The largest absolute Gasteiger partial charge is 0.444 e. The van der Waals surface area contributed by atoms with Crippen molar-refractivity contribution in [3.05, 3.63) is 17.7 Å². The normalized spacial score (nSPS) is 13.3. The van der Waals surface area contributed by atoms with Crippen LogP contribution in [0.3, 0.4) is 0 Å². The van der Waals surface area contributed by atoms with Crippen molar-refractivity contribution in [2.24, 2.45) is 7.05 Å². The smallest absolute Gasteiger partial charge is 0.408 e. The molecule has 0 saturated heterocycles. The van der Waals surface area contributed by atoms with Crippen molar-refractivity contribution in [1.82, 2.24) is 14.9 Å². The van der Waals surface area contributed by atoms with Crippen LogP contribution in [0.5, 0.6) is 0 Å². The number of hydrogen-bond acceptors (Lipinski definition) is 3. The number of aryl methyl sites for hydroxylation is 1. The SMILES string of the molecule is Cc1cnc([C@H](C)NC(=O)OC(C)(C)C)n1C. The van der Waals surface area contributed by atoms with E-state index in [1.165, 1.54) is 0 Å². The lowest BCUT2D eigenvalue weighted by atomic mass is 10.2. The van der Waals surface area contributed by atoms with Crippen LogP contribution in [-0.2, 0) is 11.8 Å². The van der Waals surface area contributed by atoms with E-state index in [-0.39, 0.29) is 6.04 Å². The summed E-state index contributed by atoms with van der Waals surface area (Å²) in [5, 5.41) is 2.76. The molecule has 1 aromatic rings. The number of carbonyl (C=O) groups is 1. The second kappa shape index (κ2) is 4.77. The molecule has 0 aromatic carbocycles. The van der Waals surface area contributed by atoms with Crippen molar-refractivity contribution >= 4 is 6.09 Å². The van der Waals surface area contributed by atoms with Gasteiger partial charge in [-0.05, 0) is 34.6 Å². The van der Waals surface area contributed by atoms with Crippen molar-refractivity contribution in [2.75, 3.05) is 0 Å². The molecule has 0 radical (unpaired) electrons. The lowest BCUT2D eigenvalue weighted by Crippen LogP contribution is -2.34. The summed E-state index contributed by atoms with van der Waals surface area (Å²) in [5.74, 6) is 0.813. The average molecular weight is 239 g/mol. The molecule has 1 amide bonds. The predicted octanol–water partition coefficient (Wildman–Crippen LogP) is 2.31. The Morgan fingerprint density at radius 3 is 2.53 bits per heavy atom. The quantitative estimate of drug-likeness (QED) is 0.861. The van der Waals surface area contributed by atoms with Crippen LogP contribution in [0.2, 0.25) is 0 Å². The molecule has 1 rings (SSSR count). The molecule has 1 heterocycles. The van der Waals surface area contributed by atoms with Crippen LogP contribution >= 0.6 is 0 Å². The summed E-state index contributed by atoms with van der Waals surface area (Å²) in [6.07, 6.45) is 1.36. The van der Waals surface area contributed by atoms with Crippen LogP contribution in [-0.4, -0.2) is 21.2 Å². The third kappa shape index (κ3) is 3.76. The summed E-state index contributed by atoms with van der Waals surface area (Å²) < 4.78 is 7.14. The highest BCUT2D eigenvalue weighted by molar-refractivity contribution is 5.68. The van der Waals surface area contributed by atoms with E-state index in [0.29, 0.717) is 0 Å². The highest BCUT2D eigenvalue weighted by Gasteiger charge is 2.20. The molecule has 5 heteroatoms. The topological polar surface area (TPSA) is 56.1 Å². The number of nitrogens with zero attached hydrogens (tertiary/aromatic N) is 2. The van der Waals surface area contributed by atoms with Crippen LogP contribution in [0.15, 0.2) is 6.20 Å². The number of amides is 1. The summed E-state index contributed by atoms with van der Waals surface area (Å²) in [7, 11) is 1.92. The van der Waals surface area contributed by atoms with E-state index >= 15 is 0 Å². The molecule has 0 aliphatic heterocycles. The van der Waals surface area contributed by atoms with Gasteiger partial charge in [-0.3, -0.25) is 0 Å². The van der Waals surface area contributed by atoms with Crippen molar-refractivity contribution in [1.29, 1.82) is 0 Å². The third-order valence-corrected chi connectivity index (χ3v) is 2.38. The Bertz CT molecular complexity index is 404. The molecular formula is C12H21N3O2. The minimum atomic E-state index is -0.485. The zero-order chi connectivity index (χ0) is 13.2. The van der Waals surface area contributed by atoms with Gasteiger partial charge in [0.1, 0.15) is 11.4 Å². The van der Waals surface area contributed by atoms with Gasteiger partial charge in [0, 0.05) is 18.9 Å². The molecule has 0 unspecified atom stereocenters. The van der Waals surface area contributed by atoms with Gasteiger partial charge in [0.05, 0.1) is 6.04 Å². The Hall–Kier alpha value is -1.52. The first kappa shape index (κ1) is 13.5. The number of alkyl carbamates (subject to hydrolysis) is 1. The first-order valence-corrected chi connectivity index (χ1v) is 5.68. The van der Waals surface area contributed by atoms with E-state index in [4.69, 9.17) is 4.74 Å². The van der Waals surface area contributed by atoms with E-state index in [2.05, 4.69) is 10.3 Å². The summed E-state index contributed by atoms with van der Waals surface area (Å²) in [6.45, 7) is 9.36. The first-order valence-electron chi connectivity index (χ1n) is 5.68. The van der Waals surface area contributed by atoms with Gasteiger partial charge < -0.3 is 14.6 Å². The summed E-state index contributed by atoms with van der Waals surface area (Å²) in [4.78, 5) is 15.8. The van der Waals surface area contributed by atoms with E-state index < -0.39 is 11.7 Å². The molecule has 0 aliphatic carbocycles. The molecule has 0 aliphatic rings. The lowest BCUT2D eigenvalue weighted by molar-refractivity contribution is 0.0505. The molecule has 1 aromatic heterocycles. The molecule has 96 valence electrons. The fourth-order valence-corrected chi connectivity index (χ4v) is 1.46. The molecule has 5 nitrogen and oxygen atoms in total. The molecule has 0 bridgehead atoms. The molecule has 0 saturated carbocycles. The predicted molar refractivity (Wildman–Crippen MR) is 65.7 cm³/mol. The number of hydrogen-bond donors (Lipinski definition) is 1. The second-order valence-electron chi connectivity index (χ2n) is 5.18. The van der Waals surface area contributed by atoms with Crippen molar-refractivity contribution in [3.63, 3.8) is 0 Å². The summed E-state index contributed by atoms with van der Waals surface area (Å²) >= 11 is 0. The number of carbonyl (C=O) groups excluding carboxylic acids is 1. The Morgan fingerprint density at radius 2 is 2.12 bits per heavy atom. The van der Waals surface area contributed by atoms with E-state index in [0.717, 1.165) is 11.5 Å². The standard InChI is InChI=1S/C12H21N3O2/c1-8-7-13-10(15(8)6)9(2)14-11(16)17-12(3,4)5/h7,9H,1-6H3,(H,14,16)/t9-/m0/s1. The Morgan fingerprint density at radius 1 is 1.53 bits per heavy atom. The van der Waals surface area contributed by atoms with E-state index in [9.17, 15) is 4.79 Å². The van der Waals surface area contributed by atoms with Gasteiger partial charge >= 0.3 is 6.09 Å². The van der Waals surface area contributed by atoms with Gasteiger partial charge in [-0.2, -0.15) is 0 Å². The van der Waals surface area contributed by atoms with Crippen LogP contribution in [0.1, 0.15) is 45.3 Å². The van der Waals surface area contributed by atoms with Crippen molar-refractivity contribution in [3.8, 4) is 0 Å². The number of imidazole rings is 1. The zero-order valence-corrected chi connectivity index (χ0v) is 11.4. The number of ether oxygens (including phenoxy) is 1. The molecule has 1 N–H and O–H groups in total. The van der Waals surface area contributed by atoms with Crippen molar-refractivity contribution in [2.45, 2.75) is 46.3 Å². The maximum atomic E-state index is 11.6. The van der Waals surface area contributed by atoms with Gasteiger partial charge in [-0.25, -0.2) is 9.78 Å². The third-order valence-electron chi connectivity index (χ3n) is 2.38. The summed E-state index contributed by atoms with van der Waals surface area (Å²) in [5.41, 5.74) is 0.569. The molecular weight excluding hydrogens is 218 g/mol. The van der Waals surface area contributed by atoms with Crippen LogP contribution < -0.4 is 5.32 Å².